The molecule has 9 heteroatoms. The molecule has 5 rings (SSSR count). The van der Waals surface area contributed by atoms with Gasteiger partial charge < -0.3 is 9.64 Å². The van der Waals surface area contributed by atoms with Crippen LogP contribution in [0.15, 0.2) is 12.1 Å². The molecule has 6 nitrogen and oxygen atoms in total. The fourth-order valence-corrected chi connectivity index (χ4v) is 5.12. The molecule has 1 N–H and O–H groups in total. The summed E-state index contributed by atoms with van der Waals surface area (Å²) in [6.45, 7) is 2.65. The van der Waals surface area contributed by atoms with Crippen molar-refractivity contribution in [3.63, 3.8) is 0 Å². The minimum Gasteiger partial charge on any atom is -0.460 e. The lowest BCUT2D eigenvalue weighted by Crippen LogP contribution is -3.18. The molecule has 3 aliphatic rings. The van der Waals surface area contributed by atoms with Crippen molar-refractivity contribution in [3.8, 4) is 0 Å². The van der Waals surface area contributed by atoms with Gasteiger partial charge in [0.1, 0.15) is 12.3 Å². The predicted molar refractivity (Wildman–Crippen MR) is 101 cm³/mol. The van der Waals surface area contributed by atoms with E-state index in [1.165, 1.54) is 32.0 Å². The van der Waals surface area contributed by atoms with Gasteiger partial charge in [-0.3, -0.25) is 0 Å². The van der Waals surface area contributed by atoms with E-state index in [9.17, 15) is 18.0 Å². The van der Waals surface area contributed by atoms with Crippen molar-refractivity contribution in [2.45, 2.75) is 63.1 Å². The Bertz CT molecular complexity index is 952. The number of hydrogen-bond donors (Lipinski definition) is 1. The first kappa shape index (κ1) is 19.8. The molecule has 0 radical (unpaired) electrons. The van der Waals surface area contributed by atoms with E-state index in [1.807, 2.05) is 0 Å². The number of esters is 1. The van der Waals surface area contributed by atoms with Gasteiger partial charge in [0.15, 0.2) is 11.3 Å². The molecular weight excluding hydrogens is 397 g/mol. The monoisotopic (exact) mass is 423 g/mol. The second-order valence-corrected chi connectivity index (χ2v) is 8.90. The summed E-state index contributed by atoms with van der Waals surface area (Å²) in [6.07, 6.45) is 2.85. The molecule has 4 heterocycles. The Morgan fingerprint density at radius 3 is 2.70 bits per heavy atom. The Hall–Kier alpha value is -2.16. The highest BCUT2D eigenvalue weighted by molar-refractivity contribution is 5.88. The van der Waals surface area contributed by atoms with E-state index < -0.39 is 17.8 Å². The maximum atomic E-state index is 13.5. The number of quaternary nitrogens is 1. The number of alkyl halides is 3. The highest BCUT2D eigenvalue weighted by Gasteiger charge is 2.39. The van der Waals surface area contributed by atoms with Crippen LogP contribution >= 0.6 is 0 Å². The van der Waals surface area contributed by atoms with Crippen LogP contribution in [0.25, 0.3) is 5.65 Å². The van der Waals surface area contributed by atoms with Crippen LogP contribution in [0, 0.1) is 5.92 Å². The number of halogens is 3. The van der Waals surface area contributed by atoms with Crippen molar-refractivity contribution in [1.29, 1.82) is 0 Å². The molecule has 2 aromatic rings. The topological polar surface area (TPSA) is 60.9 Å². The number of hydrogen-bond acceptors (Lipinski definition) is 4. The highest BCUT2D eigenvalue weighted by Crippen LogP contribution is 2.41. The maximum absolute atomic E-state index is 13.5. The lowest BCUT2D eigenvalue weighted by atomic mass is 9.84. The molecule has 2 saturated heterocycles. The van der Waals surface area contributed by atoms with Gasteiger partial charge in [0.2, 0.25) is 0 Å². The molecule has 3 atom stereocenters. The summed E-state index contributed by atoms with van der Waals surface area (Å²) in [5, 5.41) is 3.90. The smallest absolute Gasteiger partial charge is 0.433 e. The first-order valence-corrected chi connectivity index (χ1v) is 10.9. The van der Waals surface area contributed by atoms with Crippen molar-refractivity contribution >= 4 is 11.6 Å². The van der Waals surface area contributed by atoms with Crippen LogP contribution in [0.5, 0.6) is 0 Å². The first-order valence-electron chi connectivity index (χ1n) is 10.9. The summed E-state index contributed by atoms with van der Waals surface area (Å²) >= 11 is 0. The molecule has 2 aliphatic heterocycles. The van der Waals surface area contributed by atoms with E-state index in [1.54, 1.807) is 4.90 Å². The summed E-state index contributed by atoms with van der Waals surface area (Å²) in [5.74, 6) is -0.307. The maximum Gasteiger partial charge on any atom is 0.433 e. The number of nitrogens with zero attached hydrogens (tertiary/aromatic N) is 3. The number of carbonyl (C=O) groups is 1. The largest absolute Gasteiger partial charge is 0.460 e. The van der Waals surface area contributed by atoms with E-state index in [-0.39, 0.29) is 17.3 Å². The second-order valence-electron chi connectivity index (χ2n) is 8.90. The third kappa shape index (κ3) is 3.79. The van der Waals surface area contributed by atoms with Gasteiger partial charge >= 0.3 is 12.1 Å². The lowest BCUT2D eigenvalue weighted by Gasteiger charge is -2.40. The molecule has 2 aromatic heterocycles. The van der Waals surface area contributed by atoms with Gasteiger partial charge in [-0.15, -0.1) is 0 Å². The molecule has 30 heavy (non-hydrogen) atoms. The molecular formula is C21H26F3N4O2+. The van der Waals surface area contributed by atoms with Crippen molar-refractivity contribution in [2.75, 3.05) is 19.7 Å². The second kappa shape index (κ2) is 7.51. The molecule has 1 saturated carbocycles. The SMILES string of the molecule is O=C(OC[C@@H]1CCC[NH+]2CCCC[C@H]12)c1cc2nc(C3CC3)cc(C(F)(F)F)n2n1. The minimum atomic E-state index is -4.58. The van der Waals surface area contributed by atoms with Crippen LogP contribution in [0.3, 0.4) is 0 Å². The van der Waals surface area contributed by atoms with Gasteiger partial charge in [-0.2, -0.15) is 18.3 Å². The molecule has 1 unspecified atom stereocenters. The summed E-state index contributed by atoms with van der Waals surface area (Å²) in [4.78, 5) is 18.5. The van der Waals surface area contributed by atoms with Crippen LogP contribution < -0.4 is 4.90 Å². The summed E-state index contributed by atoms with van der Waals surface area (Å²) < 4.78 is 46.8. The Labute approximate surface area is 172 Å². The van der Waals surface area contributed by atoms with E-state index in [0.29, 0.717) is 24.3 Å². The predicted octanol–water partition coefficient (Wildman–Crippen LogP) is 2.63. The van der Waals surface area contributed by atoms with Crippen molar-refractivity contribution in [1.82, 2.24) is 14.6 Å². The summed E-state index contributed by atoms with van der Waals surface area (Å²) in [5.41, 5.74) is -0.566. The first-order chi connectivity index (χ1) is 14.4. The third-order valence-electron chi connectivity index (χ3n) is 6.80. The fraction of sp³-hybridized carbons (Fsp3) is 0.667. The van der Waals surface area contributed by atoms with Gasteiger partial charge in [0.25, 0.3) is 0 Å². The molecule has 0 spiro atoms. The van der Waals surface area contributed by atoms with Gasteiger partial charge in [0.05, 0.1) is 19.1 Å². The number of aromatic nitrogens is 3. The third-order valence-corrected chi connectivity index (χ3v) is 6.80. The van der Waals surface area contributed by atoms with Gasteiger partial charge in [-0.05, 0) is 51.0 Å². The van der Waals surface area contributed by atoms with E-state index in [2.05, 4.69) is 10.1 Å². The molecule has 0 bridgehead atoms. The minimum absolute atomic E-state index is 0.0410. The Morgan fingerprint density at radius 1 is 1.13 bits per heavy atom. The molecule has 1 aliphatic carbocycles. The number of carbonyl (C=O) groups excluding carboxylic acids is 1. The Balaban J connectivity index is 1.35. The highest BCUT2D eigenvalue weighted by atomic mass is 19.4. The quantitative estimate of drug-likeness (QED) is 0.769. The molecule has 3 fully saturated rings. The van der Waals surface area contributed by atoms with Gasteiger partial charge in [0, 0.05) is 23.6 Å². The zero-order valence-electron chi connectivity index (χ0n) is 16.7. The average molecular weight is 423 g/mol. The van der Waals surface area contributed by atoms with E-state index in [4.69, 9.17) is 4.74 Å². The lowest BCUT2D eigenvalue weighted by molar-refractivity contribution is -0.940. The van der Waals surface area contributed by atoms with Crippen molar-refractivity contribution in [3.05, 3.63) is 29.2 Å². The Morgan fingerprint density at radius 2 is 1.93 bits per heavy atom. The van der Waals surface area contributed by atoms with E-state index in [0.717, 1.165) is 42.7 Å². The van der Waals surface area contributed by atoms with Crippen LogP contribution in [0.2, 0.25) is 0 Å². The number of piperidine rings is 2. The number of rotatable bonds is 4. The fourth-order valence-electron chi connectivity index (χ4n) is 5.12. The normalized spacial score (nSPS) is 27.1. The molecule has 0 aromatic carbocycles. The standard InChI is InChI=1S/C21H25F3N4O2/c22-21(23,24)18-10-15(13-6-7-13)25-19-11-16(26-28(18)19)20(29)30-12-14-4-3-9-27-8-2-1-5-17(14)27/h10-11,13-14,17H,1-9,12H2/p+1/t14-,17+/m0/s1. The van der Waals surface area contributed by atoms with E-state index >= 15 is 0 Å². The van der Waals surface area contributed by atoms with Gasteiger partial charge in [-0.1, -0.05) is 0 Å². The summed E-state index contributed by atoms with van der Waals surface area (Å²) in [7, 11) is 0. The molecule has 162 valence electrons. The Kier molecular flexibility index (Phi) is 4.95. The van der Waals surface area contributed by atoms with Crippen LogP contribution in [0.4, 0.5) is 13.2 Å². The van der Waals surface area contributed by atoms with Crippen LogP contribution in [-0.4, -0.2) is 46.3 Å². The average Bonchev–Trinajstić information content (AvgIpc) is 3.49. The summed E-state index contributed by atoms with van der Waals surface area (Å²) in [6, 6.07) is 2.87. The zero-order valence-corrected chi connectivity index (χ0v) is 16.7. The number of nitrogens with one attached hydrogen (secondary N) is 1. The van der Waals surface area contributed by atoms with Crippen molar-refractivity contribution in [2.24, 2.45) is 5.92 Å². The zero-order chi connectivity index (χ0) is 20.9. The number of ether oxygens (including phenoxy) is 1. The molecule has 0 amide bonds. The van der Waals surface area contributed by atoms with Crippen LogP contribution in [-0.2, 0) is 10.9 Å². The van der Waals surface area contributed by atoms with Crippen LogP contribution in [0.1, 0.15) is 72.7 Å². The van der Waals surface area contributed by atoms with Gasteiger partial charge in [-0.25, -0.2) is 14.3 Å². The van der Waals surface area contributed by atoms with Crippen molar-refractivity contribution < 1.29 is 27.6 Å². The number of fused-ring (bicyclic) bond motifs is 2.